The van der Waals surface area contributed by atoms with Crippen LogP contribution in [0.25, 0.3) is 0 Å². The molecule has 0 unspecified atom stereocenters. The van der Waals surface area contributed by atoms with Crippen molar-refractivity contribution in [3.05, 3.63) is 22.1 Å². The second kappa shape index (κ2) is 5.00. The van der Waals surface area contributed by atoms with Gasteiger partial charge in [0.15, 0.2) is 0 Å². The summed E-state index contributed by atoms with van der Waals surface area (Å²) in [6.07, 6.45) is 2.99. The van der Waals surface area contributed by atoms with E-state index in [1.165, 1.54) is 10.6 Å². The Morgan fingerprint density at radius 1 is 1.47 bits per heavy atom. The number of hydrogen-bond donors (Lipinski definition) is 0. The molecule has 5 heteroatoms. The van der Waals surface area contributed by atoms with Crippen LogP contribution in [0.5, 0.6) is 0 Å². The van der Waals surface area contributed by atoms with Gasteiger partial charge in [0.05, 0.1) is 6.07 Å². The van der Waals surface area contributed by atoms with E-state index in [9.17, 15) is 4.79 Å². The van der Waals surface area contributed by atoms with Crippen LogP contribution in [0.2, 0.25) is 0 Å². The molecular weight excluding hydrogens is 216 g/mol. The van der Waals surface area contributed by atoms with Crippen LogP contribution in [0.4, 0.5) is 5.95 Å². The zero-order valence-corrected chi connectivity index (χ0v) is 10.0. The molecule has 0 atom stereocenters. The zero-order chi connectivity index (χ0) is 12.3. The maximum absolute atomic E-state index is 11.9. The SMILES string of the molecule is CCc1cc(=O)n(CC#N)c(N2CCCC2)n1. The molecule has 0 aliphatic carbocycles. The van der Waals surface area contributed by atoms with Gasteiger partial charge in [0.1, 0.15) is 6.54 Å². The maximum atomic E-state index is 11.9. The van der Waals surface area contributed by atoms with Crippen molar-refractivity contribution < 1.29 is 0 Å². The summed E-state index contributed by atoms with van der Waals surface area (Å²) in [5.41, 5.74) is 0.673. The zero-order valence-electron chi connectivity index (χ0n) is 10.0. The van der Waals surface area contributed by atoms with E-state index in [-0.39, 0.29) is 12.1 Å². The molecule has 0 saturated carbocycles. The lowest BCUT2D eigenvalue weighted by atomic mass is 10.3. The van der Waals surface area contributed by atoms with E-state index in [1.54, 1.807) is 0 Å². The summed E-state index contributed by atoms with van der Waals surface area (Å²) < 4.78 is 1.46. The van der Waals surface area contributed by atoms with Crippen molar-refractivity contribution in [1.29, 1.82) is 5.26 Å². The minimum absolute atomic E-state index is 0.0711. The molecule has 0 bridgehead atoms. The summed E-state index contributed by atoms with van der Waals surface area (Å²) in [7, 11) is 0. The van der Waals surface area contributed by atoms with Crippen molar-refractivity contribution in [3.8, 4) is 6.07 Å². The van der Waals surface area contributed by atoms with Crippen LogP contribution < -0.4 is 10.5 Å². The van der Waals surface area contributed by atoms with E-state index in [4.69, 9.17) is 5.26 Å². The number of anilines is 1. The fourth-order valence-electron chi connectivity index (χ4n) is 2.10. The Bertz CT molecular complexity index is 494. The highest BCUT2D eigenvalue weighted by atomic mass is 16.1. The number of nitrogens with zero attached hydrogens (tertiary/aromatic N) is 4. The fraction of sp³-hybridized carbons (Fsp3) is 0.583. The highest BCUT2D eigenvalue weighted by molar-refractivity contribution is 5.34. The van der Waals surface area contributed by atoms with Crippen molar-refractivity contribution in [2.45, 2.75) is 32.7 Å². The van der Waals surface area contributed by atoms with Gasteiger partial charge in [-0.3, -0.25) is 9.36 Å². The fourth-order valence-corrected chi connectivity index (χ4v) is 2.10. The molecule has 5 nitrogen and oxygen atoms in total. The molecule has 1 aromatic rings. The van der Waals surface area contributed by atoms with Crippen LogP contribution in [-0.4, -0.2) is 22.6 Å². The summed E-state index contributed by atoms with van der Waals surface area (Å²) in [4.78, 5) is 18.5. The Morgan fingerprint density at radius 2 is 2.18 bits per heavy atom. The van der Waals surface area contributed by atoms with E-state index in [1.807, 2.05) is 13.0 Å². The molecule has 17 heavy (non-hydrogen) atoms. The third-order valence-corrected chi connectivity index (χ3v) is 3.02. The van der Waals surface area contributed by atoms with E-state index in [2.05, 4.69) is 9.88 Å². The molecule has 2 heterocycles. The Kier molecular flexibility index (Phi) is 3.43. The first-order chi connectivity index (χ1) is 8.26. The molecular formula is C12H16N4O. The van der Waals surface area contributed by atoms with Gasteiger partial charge in [-0.15, -0.1) is 0 Å². The average Bonchev–Trinajstić information content (AvgIpc) is 2.85. The molecule has 0 amide bonds. The van der Waals surface area contributed by atoms with Gasteiger partial charge in [0.2, 0.25) is 5.95 Å². The van der Waals surface area contributed by atoms with Gasteiger partial charge in [-0.05, 0) is 19.3 Å². The molecule has 1 aliphatic heterocycles. The molecule has 1 saturated heterocycles. The van der Waals surface area contributed by atoms with Crippen molar-refractivity contribution in [3.63, 3.8) is 0 Å². The third-order valence-electron chi connectivity index (χ3n) is 3.02. The van der Waals surface area contributed by atoms with E-state index in [0.29, 0.717) is 5.95 Å². The molecule has 0 aromatic carbocycles. The standard InChI is InChI=1S/C12H16N4O/c1-2-10-9-11(17)16(8-5-13)12(14-10)15-6-3-4-7-15/h9H,2-4,6-8H2,1H3. The number of aryl methyl sites for hydroxylation is 1. The molecule has 90 valence electrons. The lowest BCUT2D eigenvalue weighted by Crippen LogP contribution is -2.31. The van der Waals surface area contributed by atoms with Gasteiger partial charge in [-0.25, -0.2) is 4.98 Å². The second-order valence-corrected chi connectivity index (χ2v) is 4.18. The Morgan fingerprint density at radius 3 is 2.76 bits per heavy atom. The predicted molar refractivity (Wildman–Crippen MR) is 64.9 cm³/mol. The smallest absolute Gasteiger partial charge is 0.256 e. The van der Waals surface area contributed by atoms with Crippen LogP contribution in [0.3, 0.4) is 0 Å². The van der Waals surface area contributed by atoms with Gasteiger partial charge in [-0.2, -0.15) is 5.26 Å². The van der Waals surface area contributed by atoms with E-state index in [0.717, 1.165) is 38.0 Å². The van der Waals surface area contributed by atoms with Crippen LogP contribution in [0.15, 0.2) is 10.9 Å². The Hall–Kier alpha value is -1.83. The largest absolute Gasteiger partial charge is 0.342 e. The highest BCUT2D eigenvalue weighted by Gasteiger charge is 2.18. The first-order valence-corrected chi connectivity index (χ1v) is 5.99. The van der Waals surface area contributed by atoms with Gasteiger partial charge in [0, 0.05) is 24.8 Å². The second-order valence-electron chi connectivity index (χ2n) is 4.18. The molecule has 0 spiro atoms. The van der Waals surface area contributed by atoms with E-state index >= 15 is 0 Å². The van der Waals surface area contributed by atoms with Crippen molar-refractivity contribution in [1.82, 2.24) is 9.55 Å². The van der Waals surface area contributed by atoms with Crippen LogP contribution in [0.1, 0.15) is 25.5 Å². The quantitative estimate of drug-likeness (QED) is 0.777. The number of nitriles is 1. The minimum atomic E-state index is -0.125. The Labute approximate surface area is 100 Å². The molecule has 0 radical (unpaired) electrons. The number of rotatable bonds is 3. The summed E-state index contributed by atoms with van der Waals surface area (Å²) in [5, 5.41) is 8.78. The summed E-state index contributed by atoms with van der Waals surface area (Å²) in [6, 6.07) is 3.55. The molecule has 2 rings (SSSR count). The first-order valence-electron chi connectivity index (χ1n) is 5.99. The molecule has 1 aromatic heterocycles. The normalized spacial score (nSPS) is 14.9. The van der Waals surface area contributed by atoms with Gasteiger partial charge >= 0.3 is 0 Å². The van der Waals surface area contributed by atoms with Gasteiger partial charge < -0.3 is 4.90 Å². The predicted octanol–water partition coefficient (Wildman–Crippen LogP) is 0.929. The molecule has 0 N–H and O–H groups in total. The lowest BCUT2D eigenvalue weighted by molar-refractivity contribution is 0.713. The van der Waals surface area contributed by atoms with Crippen LogP contribution in [0, 0.1) is 11.3 Å². The summed E-state index contributed by atoms with van der Waals surface area (Å²) in [6.45, 7) is 3.89. The lowest BCUT2D eigenvalue weighted by Gasteiger charge is -2.20. The monoisotopic (exact) mass is 232 g/mol. The first kappa shape index (κ1) is 11.6. The van der Waals surface area contributed by atoms with Gasteiger partial charge in [-0.1, -0.05) is 6.92 Å². The average molecular weight is 232 g/mol. The summed E-state index contributed by atoms with van der Waals surface area (Å²) >= 11 is 0. The van der Waals surface area contributed by atoms with E-state index < -0.39 is 0 Å². The Balaban J connectivity index is 2.48. The van der Waals surface area contributed by atoms with Crippen LogP contribution >= 0.6 is 0 Å². The molecule has 1 fully saturated rings. The van der Waals surface area contributed by atoms with Crippen molar-refractivity contribution in [2.24, 2.45) is 0 Å². The topological polar surface area (TPSA) is 61.9 Å². The highest BCUT2D eigenvalue weighted by Crippen LogP contribution is 2.16. The minimum Gasteiger partial charge on any atom is -0.342 e. The number of hydrogen-bond acceptors (Lipinski definition) is 4. The maximum Gasteiger partial charge on any atom is 0.256 e. The molecule has 1 aliphatic rings. The summed E-state index contributed by atoms with van der Waals surface area (Å²) in [5.74, 6) is 0.661. The van der Waals surface area contributed by atoms with Crippen molar-refractivity contribution >= 4 is 5.95 Å². The van der Waals surface area contributed by atoms with Crippen molar-refractivity contribution in [2.75, 3.05) is 18.0 Å². The van der Waals surface area contributed by atoms with Crippen LogP contribution in [-0.2, 0) is 13.0 Å². The third kappa shape index (κ3) is 2.31. The van der Waals surface area contributed by atoms with Gasteiger partial charge in [0.25, 0.3) is 5.56 Å². The number of aromatic nitrogens is 2.